The molecule has 1 aromatic rings. The molecule has 2 aliphatic heterocycles. The standard InChI is InChI=1S/C19H28N4O2.2ClH/c24-18(19-5-2-1-3-16(19)13-20-14-19)22-12-15-4-6-21-17(11-15)23-7-9-25-10-8-23;;/h4,6,11,16,20H,1-3,5,7-10,12-14H2,(H,22,24);2*1H/t16-,19+;;/m0../s1. The average molecular weight is 417 g/mol. The van der Waals surface area contributed by atoms with Gasteiger partial charge in [0.2, 0.25) is 5.91 Å². The normalized spacial score (nSPS) is 27.1. The van der Waals surface area contributed by atoms with Gasteiger partial charge in [-0.1, -0.05) is 12.8 Å². The van der Waals surface area contributed by atoms with Crippen molar-refractivity contribution in [1.82, 2.24) is 15.6 Å². The van der Waals surface area contributed by atoms with Gasteiger partial charge in [-0.25, -0.2) is 4.98 Å². The van der Waals surface area contributed by atoms with Gasteiger partial charge < -0.3 is 20.3 Å². The molecule has 0 unspecified atom stereocenters. The number of halogens is 2. The van der Waals surface area contributed by atoms with E-state index >= 15 is 0 Å². The van der Waals surface area contributed by atoms with Gasteiger partial charge in [0.15, 0.2) is 0 Å². The van der Waals surface area contributed by atoms with Crippen molar-refractivity contribution in [1.29, 1.82) is 0 Å². The Hall–Kier alpha value is -1.08. The number of ether oxygens (including phenoxy) is 1. The lowest BCUT2D eigenvalue weighted by Crippen LogP contribution is -2.47. The zero-order valence-electron chi connectivity index (χ0n) is 15.6. The quantitative estimate of drug-likeness (QED) is 0.786. The van der Waals surface area contributed by atoms with E-state index in [9.17, 15) is 4.79 Å². The van der Waals surface area contributed by atoms with E-state index in [4.69, 9.17) is 4.74 Å². The molecular formula is C19H30Cl2N4O2. The fourth-order valence-electron chi connectivity index (χ4n) is 4.58. The second-order valence-corrected chi connectivity index (χ2v) is 7.53. The van der Waals surface area contributed by atoms with Crippen LogP contribution in [0, 0.1) is 11.3 Å². The molecule has 1 amide bonds. The predicted octanol–water partition coefficient (Wildman–Crippen LogP) is 2.16. The van der Waals surface area contributed by atoms with Gasteiger partial charge in [-0.05, 0) is 43.0 Å². The van der Waals surface area contributed by atoms with Crippen molar-refractivity contribution in [2.24, 2.45) is 11.3 Å². The third-order valence-corrected chi connectivity index (χ3v) is 6.09. The molecule has 27 heavy (non-hydrogen) atoms. The third-order valence-electron chi connectivity index (χ3n) is 6.09. The summed E-state index contributed by atoms with van der Waals surface area (Å²) in [5, 5.41) is 6.66. The number of anilines is 1. The number of hydrogen-bond acceptors (Lipinski definition) is 5. The number of morpholine rings is 1. The van der Waals surface area contributed by atoms with E-state index in [-0.39, 0.29) is 36.1 Å². The van der Waals surface area contributed by atoms with Crippen molar-refractivity contribution in [3.8, 4) is 0 Å². The summed E-state index contributed by atoms with van der Waals surface area (Å²) in [5.74, 6) is 1.71. The van der Waals surface area contributed by atoms with Gasteiger partial charge >= 0.3 is 0 Å². The summed E-state index contributed by atoms with van der Waals surface area (Å²) < 4.78 is 5.40. The summed E-state index contributed by atoms with van der Waals surface area (Å²) in [6.45, 7) is 5.65. The summed E-state index contributed by atoms with van der Waals surface area (Å²) in [6, 6.07) is 4.08. The molecular weight excluding hydrogens is 387 g/mol. The Labute approximate surface area is 173 Å². The first-order valence-electron chi connectivity index (χ1n) is 9.55. The van der Waals surface area contributed by atoms with Crippen molar-refractivity contribution in [2.75, 3.05) is 44.3 Å². The molecule has 3 fully saturated rings. The minimum absolute atomic E-state index is 0. The van der Waals surface area contributed by atoms with Crippen molar-refractivity contribution >= 4 is 36.5 Å². The van der Waals surface area contributed by atoms with E-state index in [0.717, 1.165) is 57.2 Å². The smallest absolute Gasteiger partial charge is 0.228 e. The zero-order valence-corrected chi connectivity index (χ0v) is 17.2. The number of rotatable bonds is 4. The molecule has 8 heteroatoms. The Bertz CT molecular complexity index is 627. The highest BCUT2D eigenvalue weighted by Gasteiger charge is 2.49. The minimum atomic E-state index is -0.182. The Morgan fingerprint density at radius 1 is 1.33 bits per heavy atom. The molecule has 0 bridgehead atoms. The van der Waals surface area contributed by atoms with Gasteiger partial charge in [0.25, 0.3) is 0 Å². The van der Waals surface area contributed by atoms with E-state index in [0.29, 0.717) is 12.5 Å². The number of fused-ring (bicyclic) bond motifs is 1. The number of nitrogens with one attached hydrogen (secondary N) is 2. The lowest BCUT2D eigenvalue weighted by molar-refractivity contribution is -0.134. The Balaban J connectivity index is 0.00000131. The summed E-state index contributed by atoms with van der Waals surface area (Å²) >= 11 is 0. The number of carbonyl (C=O) groups excluding carboxylic acids is 1. The molecule has 2 saturated heterocycles. The van der Waals surface area contributed by atoms with Crippen LogP contribution >= 0.6 is 24.8 Å². The van der Waals surface area contributed by atoms with E-state index in [1.807, 2.05) is 12.3 Å². The summed E-state index contributed by atoms with van der Waals surface area (Å²) in [6.07, 6.45) is 6.46. The molecule has 3 heterocycles. The molecule has 152 valence electrons. The van der Waals surface area contributed by atoms with Crippen LogP contribution in [0.3, 0.4) is 0 Å². The molecule has 6 nitrogen and oxygen atoms in total. The second kappa shape index (κ2) is 9.92. The molecule has 0 aromatic carbocycles. The number of pyridine rings is 1. The van der Waals surface area contributed by atoms with Crippen LogP contribution in [0.4, 0.5) is 5.82 Å². The predicted molar refractivity (Wildman–Crippen MR) is 111 cm³/mol. The summed E-state index contributed by atoms with van der Waals surface area (Å²) in [7, 11) is 0. The second-order valence-electron chi connectivity index (χ2n) is 7.53. The van der Waals surface area contributed by atoms with Crippen LogP contribution in [0.25, 0.3) is 0 Å². The van der Waals surface area contributed by atoms with Gasteiger partial charge in [-0.15, -0.1) is 24.8 Å². The average Bonchev–Trinajstić information content (AvgIpc) is 3.12. The molecule has 1 aliphatic carbocycles. The van der Waals surface area contributed by atoms with Crippen LogP contribution in [0.2, 0.25) is 0 Å². The third kappa shape index (κ3) is 4.67. The molecule has 3 aliphatic rings. The lowest BCUT2D eigenvalue weighted by Gasteiger charge is -2.37. The van der Waals surface area contributed by atoms with Crippen LogP contribution in [-0.4, -0.2) is 50.3 Å². The number of carbonyl (C=O) groups is 1. The van der Waals surface area contributed by atoms with Crippen molar-refractivity contribution in [3.05, 3.63) is 23.9 Å². The first-order chi connectivity index (χ1) is 12.3. The highest BCUT2D eigenvalue weighted by molar-refractivity contribution is 5.85. The molecule has 2 N–H and O–H groups in total. The Morgan fingerprint density at radius 2 is 2.15 bits per heavy atom. The van der Waals surface area contributed by atoms with Crippen LogP contribution < -0.4 is 15.5 Å². The van der Waals surface area contributed by atoms with E-state index in [1.165, 1.54) is 19.3 Å². The van der Waals surface area contributed by atoms with Gasteiger partial charge in [0.05, 0.1) is 18.6 Å². The monoisotopic (exact) mass is 416 g/mol. The van der Waals surface area contributed by atoms with Gasteiger partial charge in [0.1, 0.15) is 5.82 Å². The van der Waals surface area contributed by atoms with Crippen LogP contribution in [0.1, 0.15) is 31.2 Å². The van der Waals surface area contributed by atoms with Gasteiger partial charge in [-0.3, -0.25) is 4.79 Å². The number of hydrogen-bond donors (Lipinski definition) is 2. The van der Waals surface area contributed by atoms with Crippen LogP contribution in [0.15, 0.2) is 18.3 Å². The summed E-state index contributed by atoms with van der Waals surface area (Å²) in [4.78, 5) is 19.7. The number of nitrogens with zero attached hydrogens (tertiary/aromatic N) is 2. The van der Waals surface area contributed by atoms with Crippen LogP contribution in [0.5, 0.6) is 0 Å². The first kappa shape index (κ1) is 22.2. The maximum atomic E-state index is 13.0. The van der Waals surface area contributed by atoms with E-state index in [1.54, 1.807) is 0 Å². The van der Waals surface area contributed by atoms with Crippen molar-refractivity contribution < 1.29 is 9.53 Å². The van der Waals surface area contributed by atoms with Crippen molar-refractivity contribution in [3.63, 3.8) is 0 Å². The highest BCUT2D eigenvalue weighted by atomic mass is 35.5. The number of aromatic nitrogens is 1. The van der Waals surface area contributed by atoms with Crippen molar-refractivity contribution in [2.45, 2.75) is 32.2 Å². The molecule has 0 spiro atoms. The maximum Gasteiger partial charge on any atom is 0.228 e. The zero-order chi connectivity index (χ0) is 17.1. The largest absolute Gasteiger partial charge is 0.378 e. The highest BCUT2D eigenvalue weighted by Crippen LogP contribution is 2.43. The first-order valence-corrected chi connectivity index (χ1v) is 9.55. The molecule has 0 radical (unpaired) electrons. The van der Waals surface area contributed by atoms with Gasteiger partial charge in [-0.2, -0.15) is 0 Å². The topological polar surface area (TPSA) is 66.5 Å². The minimum Gasteiger partial charge on any atom is -0.378 e. The van der Waals surface area contributed by atoms with E-state index < -0.39 is 0 Å². The molecule has 4 rings (SSSR count). The fourth-order valence-corrected chi connectivity index (χ4v) is 4.58. The SMILES string of the molecule is Cl.Cl.O=C(NCc1ccnc(N2CCOCC2)c1)[C@@]12CCCC[C@H]1CNC2. The van der Waals surface area contributed by atoms with Gasteiger partial charge in [0, 0.05) is 32.4 Å². The summed E-state index contributed by atoms with van der Waals surface area (Å²) in [5.41, 5.74) is 0.928. The maximum absolute atomic E-state index is 13.0. The number of amides is 1. The van der Waals surface area contributed by atoms with Crippen LogP contribution in [-0.2, 0) is 16.1 Å². The molecule has 2 atom stereocenters. The molecule has 1 saturated carbocycles. The fraction of sp³-hybridized carbons (Fsp3) is 0.684. The molecule has 1 aromatic heterocycles. The Morgan fingerprint density at radius 3 is 2.96 bits per heavy atom. The Kier molecular flexibility index (Phi) is 8.16. The van der Waals surface area contributed by atoms with E-state index in [2.05, 4.69) is 26.6 Å². The lowest BCUT2D eigenvalue weighted by atomic mass is 9.67.